The van der Waals surface area contributed by atoms with Crippen LogP contribution in [0.4, 0.5) is 8.78 Å². The Kier molecular flexibility index (Phi) is 5.11. The molecule has 22 heavy (non-hydrogen) atoms. The van der Waals surface area contributed by atoms with Crippen LogP contribution >= 0.6 is 11.6 Å². The lowest BCUT2D eigenvalue weighted by Crippen LogP contribution is -2.00. The van der Waals surface area contributed by atoms with Gasteiger partial charge in [0, 0.05) is 17.2 Å². The summed E-state index contributed by atoms with van der Waals surface area (Å²) in [6.45, 7) is 0. The molecule has 5 nitrogen and oxygen atoms in total. The van der Waals surface area contributed by atoms with Crippen molar-refractivity contribution in [3.8, 4) is 11.9 Å². The van der Waals surface area contributed by atoms with E-state index in [1.165, 1.54) is 29.2 Å². The average Bonchev–Trinajstić information content (AvgIpc) is 2.98. The molecule has 8 heteroatoms. The molecule has 0 amide bonds. The highest BCUT2D eigenvalue weighted by Crippen LogP contribution is 2.18. The van der Waals surface area contributed by atoms with Gasteiger partial charge in [-0.1, -0.05) is 11.6 Å². The molecule has 2 aromatic rings. The minimum absolute atomic E-state index is 0.0441. The molecule has 2 aromatic heterocycles. The number of nitrogens with zero attached hydrogens (tertiary/aromatic N) is 5. The van der Waals surface area contributed by atoms with Gasteiger partial charge >= 0.3 is 0 Å². The molecule has 2 heterocycles. The predicted molar refractivity (Wildman–Crippen MR) is 76.9 cm³/mol. The smallest absolute Gasteiger partial charge is 0.161 e. The van der Waals surface area contributed by atoms with E-state index in [-0.39, 0.29) is 22.7 Å². The van der Waals surface area contributed by atoms with E-state index in [4.69, 9.17) is 16.9 Å². The second kappa shape index (κ2) is 7.24. The zero-order chi connectivity index (χ0) is 15.9. The summed E-state index contributed by atoms with van der Waals surface area (Å²) in [4.78, 5) is 7.85. The van der Waals surface area contributed by atoms with Crippen molar-refractivity contribution in [3.63, 3.8) is 0 Å². The van der Waals surface area contributed by atoms with Gasteiger partial charge in [0.1, 0.15) is 6.33 Å². The molecule has 0 spiro atoms. The van der Waals surface area contributed by atoms with Gasteiger partial charge in [-0.05, 0) is 12.2 Å². The van der Waals surface area contributed by atoms with Crippen molar-refractivity contribution in [1.82, 2.24) is 19.7 Å². The lowest BCUT2D eigenvalue weighted by atomic mass is 10.1. The van der Waals surface area contributed by atoms with Crippen molar-refractivity contribution in [3.05, 3.63) is 65.9 Å². The Labute approximate surface area is 129 Å². The molecule has 110 valence electrons. The zero-order valence-electron chi connectivity index (χ0n) is 11.0. The van der Waals surface area contributed by atoms with Crippen LogP contribution in [0.25, 0.3) is 11.4 Å². The average molecular weight is 320 g/mol. The van der Waals surface area contributed by atoms with E-state index in [9.17, 15) is 8.78 Å². The third-order valence-corrected chi connectivity index (χ3v) is 2.66. The van der Waals surface area contributed by atoms with Crippen LogP contribution in [0.2, 0.25) is 0 Å². The fourth-order valence-corrected chi connectivity index (χ4v) is 1.71. The summed E-state index contributed by atoms with van der Waals surface area (Å²) in [5.74, 6) is -0.270. The molecule has 0 saturated carbocycles. The minimum Gasteiger partial charge on any atom is -0.236 e. The third-order valence-electron chi connectivity index (χ3n) is 2.53. The Morgan fingerprint density at radius 2 is 2.23 bits per heavy atom. The first-order chi connectivity index (χ1) is 10.7. The quantitative estimate of drug-likeness (QED) is 0.640. The van der Waals surface area contributed by atoms with Gasteiger partial charge in [0.2, 0.25) is 0 Å². The lowest BCUT2D eigenvalue weighted by Gasteiger charge is -2.03. The SMILES string of the molecule is N#CC(/C=C/Cl)=C/C(=C/F)c1cc(-n2cc(F)cn2)ncn1. The van der Waals surface area contributed by atoms with Gasteiger partial charge in [0.05, 0.1) is 36.1 Å². The van der Waals surface area contributed by atoms with Crippen LogP contribution < -0.4 is 0 Å². The number of nitriles is 1. The van der Waals surface area contributed by atoms with E-state index in [0.717, 1.165) is 17.9 Å². The Morgan fingerprint density at radius 3 is 2.82 bits per heavy atom. The number of halogens is 3. The molecular weight excluding hydrogens is 312 g/mol. The van der Waals surface area contributed by atoms with Crippen LogP contribution in [0.5, 0.6) is 0 Å². The van der Waals surface area contributed by atoms with Gasteiger partial charge in [-0.2, -0.15) is 10.4 Å². The molecule has 0 N–H and O–H groups in total. The van der Waals surface area contributed by atoms with Gasteiger partial charge in [0.25, 0.3) is 0 Å². The van der Waals surface area contributed by atoms with Gasteiger partial charge in [-0.15, -0.1) is 0 Å². The van der Waals surface area contributed by atoms with Crippen molar-refractivity contribution >= 4 is 17.2 Å². The van der Waals surface area contributed by atoms with E-state index < -0.39 is 5.82 Å². The van der Waals surface area contributed by atoms with Crippen LogP contribution in [0.3, 0.4) is 0 Å². The van der Waals surface area contributed by atoms with Gasteiger partial charge in [-0.25, -0.2) is 23.4 Å². The number of allylic oxidation sites excluding steroid dienone is 4. The standard InChI is InChI=1S/C14H8ClF2N5/c15-2-1-10(6-18)3-11(5-16)13-4-14(20-9-19-13)22-8-12(17)7-21-22/h1-5,7-9H/b2-1+,10-3+,11-5-. The van der Waals surface area contributed by atoms with Crippen LogP contribution in [-0.4, -0.2) is 19.7 Å². The van der Waals surface area contributed by atoms with Crippen LogP contribution in [0.1, 0.15) is 5.69 Å². The Bertz CT molecular complexity index is 802. The summed E-state index contributed by atoms with van der Waals surface area (Å²) in [6, 6.07) is 3.27. The number of rotatable bonds is 4. The normalized spacial score (nSPS) is 12.6. The van der Waals surface area contributed by atoms with E-state index in [0.29, 0.717) is 6.33 Å². The van der Waals surface area contributed by atoms with Crippen molar-refractivity contribution in [1.29, 1.82) is 5.26 Å². The van der Waals surface area contributed by atoms with Crippen LogP contribution in [0.15, 0.2) is 54.4 Å². The van der Waals surface area contributed by atoms with Gasteiger partial charge in [-0.3, -0.25) is 0 Å². The van der Waals surface area contributed by atoms with E-state index in [2.05, 4.69) is 15.1 Å². The number of hydrogen-bond donors (Lipinski definition) is 0. The first-order valence-electron chi connectivity index (χ1n) is 5.90. The molecule has 0 aromatic carbocycles. The minimum atomic E-state index is -0.527. The highest BCUT2D eigenvalue weighted by Gasteiger charge is 2.07. The topological polar surface area (TPSA) is 67.4 Å². The van der Waals surface area contributed by atoms with E-state index in [1.54, 1.807) is 0 Å². The second-order valence-electron chi connectivity index (χ2n) is 3.93. The Balaban J connectivity index is 2.42. The summed E-state index contributed by atoms with van der Waals surface area (Å²) >= 11 is 5.40. The molecule has 0 unspecified atom stereocenters. The molecule has 0 aliphatic rings. The van der Waals surface area contributed by atoms with Gasteiger partial charge < -0.3 is 0 Å². The fraction of sp³-hybridized carbons (Fsp3) is 0. The summed E-state index contributed by atoms with van der Waals surface area (Å²) in [6.07, 6.45) is 6.22. The molecule has 0 aliphatic carbocycles. The van der Waals surface area contributed by atoms with Gasteiger partial charge in [0.15, 0.2) is 11.6 Å². The molecule has 0 fully saturated rings. The van der Waals surface area contributed by atoms with Crippen molar-refractivity contribution < 1.29 is 8.78 Å². The van der Waals surface area contributed by atoms with E-state index >= 15 is 0 Å². The summed E-state index contributed by atoms with van der Waals surface area (Å²) in [7, 11) is 0. The van der Waals surface area contributed by atoms with Crippen molar-refractivity contribution in [2.24, 2.45) is 0 Å². The van der Waals surface area contributed by atoms with E-state index in [1.807, 2.05) is 6.07 Å². The van der Waals surface area contributed by atoms with Crippen molar-refractivity contribution in [2.45, 2.75) is 0 Å². The fourth-order valence-electron chi connectivity index (χ4n) is 1.57. The molecule has 0 saturated heterocycles. The largest absolute Gasteiger partial charge is 0.236 e. The summed E-state index contributed by atoms with van der Waals surface area (Å²) < 4.78 is 27.3. The Morgan fingerprint density at radius 1 is 1.41 bits per heavy atom. The maximum Gasteiger partial charge on any atom is 0.161 e. The third kappa shape index (κ3) is 3.62. The molecule has 0 radical (unpaired) electrons. The Hall–Kier alpha value is -2.85. The molecule has 2 rings (SSSR count). The first kappa shape index (κ1) is 15.5. The van der Waals surface area contributed by atoms with Crippen LogP contribution in [-0.2, 0) is 0 Å². The predicted octanol–water partition coefficient (Wildman–Crippen LogP) is 3.31. The highest BCUT2D eigenvalue weighted by molar-refractivity contribution is 6.25. The molecular formula is C14H8ClF2N5. The maximum absolute atomic E-state index is 13.1. The summed E-state index contributed by atoms with van der Waals surface area (Å²) in [5, 5.41) is 12.7. The second-order valence-corrected chi connectivity index (χ2v) is 4.19. The van der Waals surface area contributed by atoms with Crippen molar-refractivity contribution in [2.75, 3.05) is 0 Å². The first-order valence-corrected chi connectivity index (χ1v) is 6.33. The lowest BCUT2D eigenvalue weighted by molar-refractivity contribution is 0.627. The molecule has 0 bridgehead atoms. The number of aromatic nitrogens is 4. The maximum atomic E-state index is 13.1. The molecule has 0 atom stereocenters. The number of hydrogen-bond acceptors (Lipinski definition) is 4. The molecule has 0 aliphatic heterocycles. The summed E-state index contributed by atoms with van der Waals surface area (Å²) in [5.41, 5.74) is 1.54. The van der Waals surface area contributed by atoms with Crippen LogP contribution in [0, 0.1) is 17.1 Å². The highest BCUT2D eigenvalue weighted by atomic mass is 35.5. The zero-order valence-corrected chi connectivity index (χ0v) is 11.7. The monoisotopic (exact) mass is 319 g/mol.